The van der Waals surface area contributed by atoms with Gasteiger partial charge in [-0.05, 0) is 26.0 Å². The van der Waals surface area contributed by atoms with E-state index in [9.17, 15) is 13.2 Å². The molecule has 8 heteroatoms. The average molecular weight is 323 g/mol. The minimum absolute atomic E-state index is 0. The summed E-state index contributed by atoms with van der Waals surface area (Å²) < 4.78 is 31.1. The summed E-state index contributed by atoms with van der Waals surface area (Å²) in [5, 5.41) is 0. The van der Waals surface area contributed by atoms with Crippen LogP contribution in [0.1, 0.15) is 12.5 Å². The van der Waals surface area contributed by atoms with Crippen molar-refractivity contribution in [1.29, 1.82) is 0 Å². The molecule has 0 fully saturated rings. The number of nitrogens with one attached hydrogen (secondary N) is 1. The Morgan fingerprint density at radius 3 is 2.35 bits per heavy atom. The predicted molar refractivity (Wildman–Crippen MR) is 78.2 cm³/mol. The van der Waals surface area contributed by atoms with E-state index in [0.717, 1.165) is 5.56 Å². The Morgan fingerprint density at radius 2 is 1.90 bits per heavy atom. The summed E-state index contributed by atoms with van der Waals surface area (Å²) >= 11 is 0. The molecule has 0 aliphatic heterocycles. The fourth-order valence-electron chi connectivity index (χ4n) is 1.41. The van der Waals surface area contributed by atoms with E-state index in [1.165, 1.54) is 12.1 Å². The van der Waals surface area contributed by atoms with Crippen LogP contribution in [0.3, 0.4) is 0 Å². The van der Waals surface area contributed by atoms with Crippen molar-refractivity contribution in [2.75, 3.05) is 13.2 Å². The summed E-state index contributed by atoms with van der Waals surface area (Å²) in [6.45, 7) is 3.50. The number of hydrogen-bond donors (Lipinski definition) is 2. The SMILES string of the molecule is CCOC(=O)[C@H](CN)NS(=O)(=O)c1ccc(C)cc1.Cl. The summed E-state index contributed by atoms with van der Waals surface area (Å²) in [5.41, 5.74) is 6.33. The zero-order valence-electron chi connectivity index (χ0n) is 11.3. The number of rotatable bonds is 6. The lowest BCUT2D eigenvalue weighted by atomic mass is 10.2. The monoisotopic (exact) mass is 322 g/mol. The smallest absolute Gasteiger partial charge is 0.325 e. The number of hydrogen-bond acceptors (Lipinski definition) is 5. The molecule has 0 unspecified atom stereocenters. The molecule has 1 rings (SSSR count). The van der Waals surface area contributed by atoms with Crippen molar-refractivity contribution in [3.63, 3.8) is 0 Å². The Bertz CT molecular complexity index is 531. The number of carbonyl (C=O) groups is 1. The van der Waals surface area contributed by atoms with Gasteiger partial charge in [-0.2, -0.15) is 4.72 Å². The summed E-state index contributed by atoms with van der Waals surface area (Å²) in [4.78, 5) is 11.6. The molecule has 1 aromatic rings. The van der Waals surface area contributed by atoms with Crippen LogP contribution < -0.4 is 10.5 Å². The van der Waals surface area contributed by atoms with E-state index in [1.807, 2.05) is 6.92 Å². The van der Waals surface area contributed by atoms with Gasteiger partial charge in [0.25, 0.3) is 0 Å². The number of nitrogens with two attached hydrogens (primary N) is 1. The molecule has 0 radical (unpaired) electrons. The third-order valence-corrected chi connectivity index (χ3v) is 3.92. The molecular formula is C12H19ClN2O4S. The van der Waals surface area contributed by atoms with Crippen LogP contribution in [0.25, 0.3) is 0 Å². The lowest BCUT2D eigenvalue weighted by Crippen LogP contribution is -2.46. The first-order valence-electron chi connectivity index (χ1n) is 5.86. The molecule has 1 aromatic carbocycles. The minimum atomic E-state index is -3.78. The van der Waals surface area contributed by atoms with Gasteiger partial charge in [0, 0.05) is 6.54 Å². The highest BCUT2D eigenvalue weighted by molar-refractivity contribution is 7.89. The molecule has 0 spiro atoms. The molecule has 0 aliphatic rings. The number of ether oxygens (including phenoxy) is 1. The first-order valence-corrected chi connectivity index (χ1v) is 7.34. The van der Waals surface area contributed by atoms with E-state index in [4.69, 9.17) is 10.5 Å². The van der Waals surface area contributed by atoms with Crippen molar-refractivity contribution >= 4 is 28.4 Å². The molecule has 6 nitrogen and oxygen atoms in total. The highest BCUT2D eigenvalue weighted by atomic mass is 35.5. The summed E-state index contributed by atoms with van der Waals surface area (Å²) in [6, 6.07) is 5.21. The van der Waals surface area contributed by atoms with Gasteiger partial charge >= 0.3 is 5.97 Å². The van der Waals surface area contributed by atoms with Crippen molar-refractivity contribution in [3.05, 3.63) is 29.8 Å². The maximum Gasteiger partial charge on any atom is 0.325 e. The third-order valence-electron chi connectivity index (χ3n) is 2.44. The topological polar surface area (TPSA) is 98.5 Å². The quantitative estimate of drug-likeness (QED) is 0.747. The van der Waals surface area contributed by atoms with Gasteiger partial charge in [-0.1, -0.05) is 17.7 Å². The number of carbonyl (C=O) groups excluding carboxylic acids is 1. The van der Waals surface area contributed by atoms with Gasteiger partial charge in [0.05, 0.1) is 11.5 Å². The fourth-order valence-corrected chi connectivity index (χ4v) is 2.61. The number of aryl methyl sites for hydroxylation is 1. The van der Waals surface area contributed by atoms with Gasteiger partial charge in [0.15, 0.2) is 0 Å². The van der Waals surface area contributed by atoms with Crippen molar-refractivity contribution in [2.24, 2.45) is 5.73 Å². The van der Waals surface area contributed by atoms with E-state index < -0.39 is 22.0 Å². The number of sulfonamides is 1. The highest BCUT2D eigenvalue weighted by Gasteiger charge is 2.25. The second kappa shape index (κ2) is 8.21. The van der Waals surface area contributed by atoms with Crippen LogP contribution in [0, 0.1) is 6.92 Å². The second-order valence-electron chi connectivity index (χ2n) is 3.97. The molecule has 0 aromatic heterocycles. The van der Waals surface area contributed by atoms with Crippen LogP contribution in [0.15, 0.2) is 29.2 Å². The lowest BCUT2D eigenvalue weighted by Gasteiger charge is -2.15. The van der Waals surface area contributed by atoms with Gasteiger partial charge < -0.3 is 10.5 Å². The number of esters is 1. The first-order chi connectivity index (χ1) is 8.90. The zero-order chi connectivity index (χ0) is 14.5. The minimum Gasteiger partial charge on any atom is -0.465 e. The van der Waals surface area contributed by atoms with Crippen LogP contribution in [-0.2, 0) is 19.6 Å². The normalized spacial score (nSPS) is 12.3. The van der Waals surface area contributed by atoms with Gasteiger partial charge in [-0.25, -0.2) is 8.42 Å². The van der Waals surface area contributed by atoms with Crippen LogP contribution in [0.2, 0.25) is 0 Å². The standard InChI is InChI=1S/C12H18N2O4S.ClH/c1-3-18-12(15)11(8-13)14-19(16,17)10-6-4-9(2)5-7-10;/h4-7,11,14H,3,8,13H2,1-2H3;1H/t11-;/m0./s1. The van der Waals surface area contributed by atoms with E-state index in [0.29, 0.717) is 0 Å². The molecule has 0 amide bonds. The zero-order valence-corrected chi connectivity index (χ0v) is 13.0. The molecule has 114 valence electrons. The maximum absolute atomic E-state index is 12.0. The lowest BCUT2D eigenvalue weighted by molar-refractivity contribution is -0.144. The Kier molecular flexibility index (Phi) is 7.74. The van der Waals surface area contributed by atoms with E-state index in [1.54, 1.807) is 19.1 Å². The highest BCUT2D eigenvalue weighted by Crippen LogP contribution is 2.10. The van der Waals surface area contributed by atoms with Crippen LogP contribution in [-0.4, -0.2) is 33.6 Å². The summed E-state index contributed by atoms with van der Waals surface area (Å²) in [6.07, 6.45) is 0. The van der Waals surface area contributed by atoms with Gasteiger partial charge in [-0.3, -0.25) is 4.79 Å². The molecule has 1 atom stereocenters. The van der Waals surface area contributed by atoms with Crippen molar-refractivity contribution in [1.82, 2.24) is 4.72 Å². The summed E-state index contributed by atoms with van der Waals surface area (Å²) in [5.74, 6) is -0.680. The number of halogens is 1. The molecule has 0 saturated carbocycles. The largest absolute Gasteiger partial charge is 0.465 e. The molecule has 0 saturated heterocycles. The molecule has 3 N–H and O–H groups in total. The van der Waals surface area contributed by atoms with Gasteiger partial charge in [0.1, 0.15) is 6.04 Å². The van der Waals surface area contributed by atoms with Crippen LogP contribution in [0.4, 0.5) is 0 Å². The van der Waals surface area contributed by atoms with Gasteiger partial charge in [0.2, 0.25) is 10.0 Å². The number of benzene rings is 1. The van der Waals surface area contributed by atoms with E-state index >= 15 is 0 Å². The van der Waals surface area contributed by atoms with E-state index in [2.05, 4.69) is 4.72 Å². The molecule has 0 aliphatic carbocycles. The van der Waals surface area contributed by atoms with Crippen LogP contribution in [0.5, 0.6) is 0 Å². The molecular weight excluding hydrogens is 304 g/mol. The van der Waals surface area contributed by atoms with Crippen molar-refractivity contribution < 1.29 is 17.9 Å². The Hall–Kier alpha value is -1.15. The summed E-state index contributed by atoms with van der Waals surface area (Å²) in [7, 11) is -3.78. The fraction of sp³-hybridized carbons (Fsp3) is 0.417. The second-order valence-corrected chi connectivity index (χ2v) is 5.69. The van der Waals surface area contributed by atoms with Crippen molar-refractivity contribution in [3.8, 4) is 0 Å². The average Bonchev–Trinajstić information content (AvgIpc) is 2.36. The molecule has 0 bridgehead atoms. The Labute approximate surface area is 125 Å². The third kappa shape index (κ3) is 5.09. The van der Waals surface area contributed by atoms with Crippen LogP contribution >= 0.6 is 12.4 Å². The van der Waals surface area contributed by atoms with Gasteiger partial charge in [-0.15, -0.1) is 12.4 Å². The predicted octanol–water partition coefficient (Wildman–Crippen LogP) is 0.586. The van der Waals surface area contributed by atoms with E-state index in [-0.39, 0.29) is 30.5 Å². The maximum atomic E-state index is 12.0. The Balaban J connectivity index is 0.00000361. The van der Waals surface area contributed by atoms with Crippen molar-refractivity contribution in [2.45, 2.75) is 24.8 Å². The Morgan fingerprint density at radius 1 is 1.35 bits per heavy atom. The molecule has 20 heavy (non-hydrogen) atoms. The first kappa shape index (κ1) is 18.9. The molecule has 0 heterocycles.